The zero-order valence-electron chi connectivity index (χ0n) is 16.2. The van der Waals surface area contributed by atoms with Gasteiger partial charge in [-0.1, -0.05) is 6.92 Å². The molecule has 6 nitrogen and oxygen atoms in total. The summed E-state index contributed by atoms with van der Waals surface area (Å²) in [6.45, 7) is 11.5. The van der Waals surface area contributed by atoms with Crippen LogP contribution in [0.5, 0.6) is 0 Å². The Labute approximate surface area is 155 Å². The number of β-amino-alcohol motifs (C(OH)–C–C–N with tert-alkyl or cyclic N) is 1. The number of pyridine rings is 1. The molecule has 2 aromatic rings. The maximum absolute atomic E-state index is 10.1. The molecule has 0 aromatic carbocycles. The third-order valence-corrected chi connectivity index (χ3v) is 4.68. The van der Waals surface area contributed by atoms with Crippen molar-refractivity contribution in [3.63, 3.8) is 0 Å². The molecule has 3 rings (SSSR count). The lowest BCUT2D eigenvalue weighted by atomic mass is 10.1. The molecule has 1 saturated heterocycles. The highest BCUT2D eigenvalue weighted by atomic mass is 16.3. The summed E-state index contributed by atoms with van der Waals surface area (Å²) in [4.78, 5) is 18.3. The summed E-state index contributed by atoms with van der Waals surface area (Å²) in [5.41, 5.74) is 1.37. The van der Waals surface area contributed by atoms with Crippen LogP contribution in [0.15, 0.2) is 30.6 Å². The number of rotatable bonds is 5. The summed E-state index contributed by atoms with van der Waals surface area (Å²) in [6, 6.07) is 6.33. The van der Waals surface area contributed by atoms with Crippen LogP contribution in [0.25, 0.3) is 11.4 Å². The standard InChI is InChI=1S/C20H29N5O/c1-5-17-12-18(23-19(22-17)16-6-8-21-9-7-16)25-11-10-24(13-15(25)2)14-20(3,4)26/h6-9,12,15,26H,5,10-11,13-14H2,1-4H3. The van der Waals surface area contributed by atoms with Crippen molar-refractivity contribution in [2.45, 2.75) is 45.8 Å². The van der Waals surface area contributed by atoms with Crippen molar-refractivity contribution in [1.29, 1.82) is 0 Å². The molecule has 1 aliphatic heterocycles. The minimum Gasteiger partial charge on any atom is -0.389 e. The summed E-state index contributed by atoms with van der Waals surface area (Å²) < 4.78 is 0. The number of piperazine rings is 1. The fourth-order valence-corrected chi connectivity index (χ4v) is 3.51. The maximum atomic E-state index is 10.1. The van der Waals surface area contributed by atoms with E-state index in [9.17, 15) is 5.11 Å². The Balaban J connectivity index is 1.83. The Hall–Kier alpha value is -2.05. The van der Waals surface area contributed by atoms with Gasteiger partial charge in [0, 0.05) is 61.9 Å². The smallest absolute Gasteiger partial charge is 0.161 e. The molecule has 0 spiro atoms. The number of aryl methyl sites for hydroxylation is 1. The molecule has 1 fully saturated rings. The SMILES string of the molecule is CCc1cc(N2CCN(CC(C)(C)O)CC2C)nc(-c2ccncc2)n1. The van der Waals surface area contributed by atoms with Gasteiger partial charge < -0.3 is 10.0 Å². The van der Waals surface area contributed by atoms with E-state index in [0.29, 0.717) is 12.6 Å². The highest BCUT2D eigenvalue weighted by Gasteiger charge is 2.28. The first-order valence-electron chi connectivity index (χ1n) is 9.35. The molecule has 140 valence electrons. The van der Waals surface area contributed by atoms with Gasteiger partial charge in [-0.3, -0.25) is 9.88 Å². The molecule has 1 aliphatic rings. The first-order valence-corrected chi connectivity index (χ1v) is 9.35. The van der Waals surface area contributed by atoms with Gasteiger partial charge in [0.2, 0.25) is 0 Å². The summed E-state index contributed by atoms with van der Waals surface area (Å²) >= 11 is 0. The number of hydrogen-bond acceptors (Lipinski definition) is 6. The Morgan fingerprint density at radius 1 is 1.19 bits per heavy atom. The third kappa shape index (κ3) is 4.56. The van der Waals surface area contributed by atoms with Gasteiger partial charge in [-0.2, -0.15) is 0 Å². The van der Waals surface area contributed by atoms with Crippen LogP contribution in [0.4, 0.5) is 5.82 Å². The molecule has 0 aliphatic carbocycles. The fraction of sp³-hybridized carbons (Fsp3) is 0.550. The molecular formula is C20H29N5O. The lowest BCUT2D eigenvalue weighted by molar-refractivity contribution is 0.0307. The summed E-state index contributed by atoms with van der Waals surface area (Å²) in [6.07, 6.45) is 4.42. The third-order valence-electron chi connectivity index (χ3n) is 4.68. The van der Waals surface area contributed by atoms with Gasteiger partial charge in [0.25, 0.3) is 0 Å². The predicted molar refractivity (Wildman–Crippen MR) is 104 cm³/mol. The van der Waals surface area contributed by atoms with E-state index in [1.807, 2.05) is 26.0 Å². The maximum Gasteiger partial charge on any atom is 0.161 e. The van der Waals surface area contributed by atoms with Gasteiger partial charge in [0.15, 0.2) is 5.82 Å². The zero-order chi connectivity index (χ0) is 18.7. The van der Waals surface area contributed by atoms with Crippen molar-refractivity contribution in [3.05, 3.63) is 36.3 Å². The second-order valence-electron chi connectivity index (χ2n) is 7.72. The topological polar surface area (TPSA) is 65.4 Å². The quantitative estimate of drug-likeness (QED) is 0.888. The van der Waals surface area contributed by atoms with Crippen LogP contribution in [-0.4, -0.2) is 62.8 Å². The Bertz CT molecular complexity index is 729. The van der Waals surface area contributed by atoms with Crippen LogP contribution in [0.1, 0.15) is 33.4 Å². The van der Waals surface area contributed by atoms with E-state index in [4.69, 9.17) is 9.97 Å². The normalized spacial score (nSPS) is 19.0. The van der Waals surface area contributed by atoms with Crippen LogP contribution in [0.2, 0.25) is 0 Å². The average molecular weight is 355 g/mol. The second kappa shape index (κ2) is 7.68. The van der Waals surface area contributed by atoms with Crippen LogP contribution < -0.4 is 4.90 Å². The Kier molecular flexibility index (Phi) is 5.53. The lowest BCUT2D eigenvalue weighted by Crippen LogP contribution is -2.55. The molecule has 0 amide bonds. The fourth-order valence-electron chi connectivity index (χ4n) is 3.51. The molecule has 6 heteroatoms. The van der Waals surface area contributed by atoms with Gasteiger partial charge in [-0.25, -0.2) is 9.97 Å². The molecule has 26 heavy (non-hydrogen) atoms. The van der Waals surface area contributed by atoms with E-state index in [1.165, 1.54) is 0 Å². The predicted octanol–water partition coefficient (Wildman–Crippen LogP) is 2.38. The minimum absolute atomic E-state index is 0.330. The molecule has 1 N–H and O–H groups in total. The van der Waals surface area contributed by atoms with Gasteiger partial charge in [-0.15, -0.1) is 0 Å². The van der Waals surface area contributed by atoms with E-state index in [-0.39, 0.29) is 0 Å². The summed E-state index contributed by atoms with van der Waals surface area (Å²) in [5.74, 6) is 1.74. The zero-order valence-corrected chi connectivity index (χ0v) is 16.2. The monoisotopic (exact) mass is 355 g/mol. The van der Waals surface area contributed by atoms with E-state index < -0.39 is 5.60 Å². The van der Waals surface area contributed by atoms with Crippen molar-refractivity contribution >= 4 is 5.82 Å². The number of nitrogens with zero attached hydrogens (tertiary/aromatic N) is 5. The minimum atomic E-state index is -0.666. The molecule has 1 atom stereocenters. The Morgan fingerprint density at radius 2 is 1.92 bits per heavy atom. The van der Waals surface area contributed by atoms with Crippen LogP contribution in [-0.2, 0) is 6.42 Å². The first kappa shape index (κ1) is 18.7. The van der Waals surface area contributed by atoms with E-state index >= 15 is 0 Å². The molecule has 3 heterocycles. The molecule has 0 saturated carbocycles. The number of hydrogen-bond donors (Lipinski definition) is 1. The second-order valence-corrected chi connectivity index (χ2v) is 7.72. The summed E-state index contributed by atoms with van der Waals surface area (Å²) in [5, 5.41) is 10.1. The van der Waals surface area contributed by atoms with Crippen molar-refractivity contribution in [1.82, 2.24) is 19.9 Å². The van der Waals surface area contributed by atoms with Crippen molar-refractivity contribution in [2.75, 3.05) is 31.1 Å². The van der Waals surface area contributed by atoms with Crippen LogP contribution >= 0.6 is 0 Å². The van der Waals surface area contributed by atoms with Gasteiger partial charge in [-0.05, 0) is 39.3 Å². The molecular weight excluding hydrogens is 326 g/mol. The molecule has 0 bridgehead atoms. The van der Waals surface area contributed by atoms with Crippen LogP contribution in [0, 0.1) is 0 Å². The molecule has 1 unspecified atom stereocenters. The van der Waals surface area contributed by atoms with Crippen molar-refractivity contribution in [3.8, 4) is 11.4 Å². The summed E-state index contributed by atoms with van der Waals surface area (Å²) in [7, 11) is 0. The molecule has 2 aromatic heterocycles. The van der Waals surface area contributed by atoms with Crippen molar-refractivity contribution in [2.24, 2.45) is 0 Å². The average Bonchev–Trinajstić information content (AvgIpc) is 2.60. The van der Waals surface area contributed by atoms with Gasteiger partial charge in [0.1, 0.15) is 5.82 Å². The first-order chi connectivity index (χ1) is 12.4. The Morgan fingerprint density at radius 3 is 2.54 bits per heavy atom. The number of aromatic nitrogens is 3. The van der Waals surface area contributed by atoms with Gasteiger partial charge >= 0.3 is 0 Å². The van der Waals surface area contributed by atoms with E-state index in [1.54, 1.807) is 12.4 Å². The van der Waals surface area contributed by atoms with E-state index in [0.717, 1.165) is 49.0 Å². The number of anilines is 1. The van der Waals surface area contributed by atoms with Gasteiger partial charge in [0.05, 0.1) is 5.60 Å². The highest BCUT2D eigenvalue weighted by molar-refractivity contribution is 5.57. The molecule has 0 radical (unpaired) electrons. The van der Waals surface area contributed by atoms with Crippen LogP contribution in [0.3, 0.4) is 0 Å². The van der Waals surface area contributed by atoms with Crippen molar-refractivity contribution < 1.29 is 5.11 Å². The number of aliphatic hydroxyl groups is 1. The highest BCUT2D eigenvalue weighted by Crippen LogP contribution is 2.24. The lowest BCUT2D eigenvalue weighted by Gasteiger charge is -2.42. The largest absolute Gasteiger partial charge is 0.389 e. The van der Waals surface area contributed by atoms with E-state index in [2.05, 4.69) is 34.7 Å².